The number of nitrogens with one attached hydrogen (secondary N) is 1. The third kappa shape index (κ3) is 7.41. The topological polar surface area (TPSA) is 116 Å². The van der Waals surface area contributed by atoms with Crippen LogP contribution in [0.25, 0.3) is 0 Å². The maximum Gasteiger partial charge on any atom is 0.331 e. The number of methoxy groups -OCH3 is 1. The summed E-state index contributed by atoms with van der Waals surface area (Å²) in [5.41, 5.74) is 0.902. The average molecular weight is 501 g/mol. The van der Waals surface area contributed by atoms with Crippen molar-refractivity contribution >= 4 is 11.9 Å². The molecule has 0 bridgehead atoms. The van der Waals surface area contributed by atoms with Gasteiger partial charge in [-0.3, -0.25) is 4.79 Å². The summed E-state index contributed by atoms with van der Waals surface area (Å²) < 4.78 is 22.8. The molecular formula is C27H36N2O7. The van der Waals surface area contributed by atoms with Gasteiger partial charge in [-0.15, -0.1) is 0 Å². The average Bonchev–Trinajstić information content (AvgIpc) is 2.90. The second-order valence-electron chi connectivity index (χ2n) is 9.46. The molecule has 1 amide bonds. The van der Waals surface area contributed by atoms with Gasteiger partial charge in [0.1, 0.15) is 6.10 Å². The van der Waals surface area contributed by atoms with Gasteiger partial charge in [0.15, 0.2) is 23.2 Å². The Balaban J connectivity index is 1.76. The Kier molecular flexibility index (Phi) is 10.1. The fourth-order valence-electron chi connectivity index (χ4n) is 4.20. The number of aromatic nitrogens is 1. The van der Waals surface area contributed by atoms with Crippen LogP contribution in [0.3, 0.4) is 0 Å². The maximum absolute atomic E-state index is 13.0. The summed E-state index contributed by atoms with van der Waals surface area (Å²) in [7, 11) is 1.37. The number of benzene rings is 1. The number of cyclic esters (lactones) is 1. The molecule has 9 nitrogen and oxygen atoms in total. The van der Waals surface area contributed by atoms with Crippen molar-refractivity contribution in [3.8, 4) is 11.5 Å². The standard InChI is InChI=1S/C27H36N2O7/c1-17(2)13-34-15-21-18(3)36-27(32)22(16-35-14-20(21)12-19-8-6-5-7-9-19)29-26(31)24-25(30)23(33-4)10-11-28-24/h5-11,17-18,20-22,30H,12-16H2,1-4H3,(H,29,31)/t18-,20-,21-,22?/m0/s1. The fourth-order valence-corrected chi connectivity index (χ4v) is 4.20. The van der Waals surface area contributed by atoms with Gasteiger partial charge in [0, 0.05) is 24.8 Å². The highest BCUT2D eigenvalue weighted by Gasteiger charge is 2.35. The highest BCUT2D eigenvalue weighted by atomic mass is 16.6. The van der Waals surface area contributed by atoms with Crippen molar-refractivity contribution in [3.05, 3.63) is 53.9 Å². The number of rotatable bonds is 9. The normalized spacial score (nSPS) is 22.8. The second kappa shape index (κ2) is 13.2. The first-order chi connectivity index (χ1) is 17.3. The van der Waals surface area contributed by atoms with Gasteiger partial charge in [-0.2, -0.15) is 0 Å². The zero-order valence-electron chi connectivity index (χ0n) is 21.3. The zero-order valence-corrected chi connectivity index (χ0v) is 21.3. The number of pyridine rings is 1. The van der Waals surface area contributed by atoms with Crippen LogP contribution in [0, 0.1) is 17.8 Å². The third-order valence-corrected chi connectivity index (χ3v) is 6.14. The lowest BCUT2D eigenvalue weighted by atomic mass is 9.84. The van der Waals surface area contributed by atoms with Gasteiger partial charge >= 0.3 is 5.97 Å². The smallest absolute Gasteiger partial charge is 0.331 e. The molecule has 1 aromatic carbocycles. The van der Waals surface area contributed by atoms with Crippen molar-refractivity contribution in [1.82, 2.24) is 10.3 Å². The van der Waals surface area contributed by atoms with Crippen molar-refractivity contribution in [1.29, 1.82) is 0 Å². The van der Waals surface area contributed by atoms with Gasteiger partial charge in [-0.1, -0.05) is 44.2 Å². The monoisotopic (exact) mass is 500 g/mol. The van der Waals surface area contributed by atoms with Crippen molar-refractivity contribution in [2.24, 2.45) is 17.8 Å². The van der Waals surface area contributed by atoms with Crippen LogP contribution in [-0.4, -0.2) is 67.7 Å². The first-order valence-electron chi connectivity index (χ1n) is 12.2. The zero-order chi connectivity index (χ0) is 26.1. The minimum absolute atomic E-state index is 0.0286. The van der Waals surface area contributed by atoms with E-state index in [1.165, 1.54) is 19.4 Å². The molecule has 0 aliphatic carbocycles. The number of esters is 1. The van der Waals surface area contributed by atoms with Crippen molar-refractivity contribution in [2.75, 3.05) is 33.5 Å². The molecule has 1 saturated heterocycles. The first-order valence-corrected chi connectivity index (χ1v) is 12.2. The number of hydrogen-bond acceptors (Lipinski definition) is 8. The molecule has 1 unspecified atom stereocenters. The summed E-state index contributed by atoms with van der Waals surface area (Å²) in [6.45, 7) is 7.32. The van der Waals surface area contributed by atoms with Crippen LogP contribution in [-0.2, 0) is 25.4 Å². The molecule has 0 spiro atoms. The number of carbonyl (C=O) groups is 2. The highest BCUT2D eigenvalue weighted by molar-refractivity contribution is 5.98. The van der Waals surface area contributed by atoms with Crippen molar-refractivity contribution < 1.29 is 33.6 Å². The van der Waals surface area contributed by atoms with E-state index >= 15 is 0 Å². The van der Waals surface area contributed by atoms with E-state index in [0.717, 1.165) is 12.0 Å². The molecular weight excluding hydrogens is 464 g/mol. The number of hydrogen-bond donors (Lipinski definition) is 2. The Bertz CT molecular complexity index is 999. The molecule has 0 saturated carbocycles. The SMILES string of the molecule is COc1ccnc(C(=O)NC2COC[C@H](Cc3ccccc3)[C@@H](COCC(C)C)[C@H](C)OC2=O)c1O. The summed E-state index contributed by atoms with van der Waals surface area (Å²) in [5.74, 6) is -1.36. The van der Waals surface area contributed by atoms with Gasteiger partial charge in [0.2, 0.25) is 0 Å². The Labute approximate surface area is 212 Å². The summed E-state index contributed by atoms with van der Waals surface area (Å²) in [4.78, 5) is 29.8. The van der Waals surface area contributed by atoms with Gasteiger partial charge < -0.3 is 29.4 Å². The molecule has 1 fully saturated rings. The van der Waals surface area contributed by atoms with Gasteiger partial charge in [-0.05, 0) is 30.7 Å². The molecule has 9 heteroatoms. The summed E-state index contributed by atoms with van der Waals surface area (Å²) in [6.07, 6.45) is 1.60. The third-order valence-electron chi connectivity index (χ3n) is 6.14. The molecule has 3 rings (SSSR count). The van der Waals surface area contributed by atoms with Crippen LogP contribution in [0.15, 0.2) is 42.6 Å². The first kappa shape index (κ1) is 27.4. The van der Waals surface area contributed by atoms with E-state index in [2.05, 4.69) is 36.3 Å². The molecule has 2 heterocycles. The Hall–Kier alpha value is -3.17. The largest absolute Gasteiger partial charge is 0.503 e. The van der Waals surface area contributed by atoms with E-state index in [9.17, 15) is 14.7 Å². The van der Waals surface area contributed by atoms with Crippen LogP contribution in [0.2, 0.25) is 0 Å². The van der Waals surface area contributed by atoms with Crippen LogP contribution in [0.5, 0.6) is 11.5 Å². The number of amides is 1. The van der Waals surface area contributed by atoms with Gasteiger partial charge in [0.25, 0.3) is 5.91 Å². The molecule has 2 N–H and O–H groups in total. The van der Waals surface area contributed by atoms with Crippen LogP contribution < -0.4 is 10.1 Å². The van der Waals surface area contributed by atoms with E-state index < -0.39 is 29.8 Å². The van der Waals surface area contributed by atoms with Gasteiger partial charge in [0.05, 0.1) is 26.9 Å². The van der Waals surface area contributed by atoms with Crippen LogP contribution in [0.1, 0.15) is 36.8 Å². The summed E-state index contributed by atoms with van der Waals surface area (Å²) in [6, 6.07) is 10.4. The number of aromatic hydroxyl groups is 1. The lowest BCUT2D eigenvalue weighted by molar-refractivity contribution is -0.155. The number of nitrogens with zero attached hydrogens (tertiary/aromatic N) is 1. The lowest BCUT2D eigenvalue weighted by Gasteiger charge is -2.31. The molecule has 0 radical (unpaired) electrons. The minimum atomic E-state index is -1.07. The van der Waals surface area contributed by atoms with Crippen LogP contribution in [0.4, 0.5) is 0 Å². The van der Waals surface area contributed by atoms with Crippen molar-refractivity contribution in [3.63, 3.8) is 0 Å². The van der Waals surface area contributed by atoms with E-state index in [1.54, 1.807) is 0 Å². The Morgan fingerprint density at radius 1 is 1.22 bits per heavy atom. The molecule has 36 heavy (non-hydrogen) atoms. The van der Waals surface area contributed by atoms with E-state index in [1.807, 2.05) is 25.1 Å². The molecule has 1 aliphatic heterocycles. The molecule has 196 valence electrons. The quantitative estimate of drug-likeness (QED) is 0.505. The highest BCUT2D eigenvalue weighted by Crippen LogP contribution is 2.28. The predicted molar refractivity (Wildman–Crippen MR) is 133 cm³/mol. The maximum atomic E-state index is 13.0. The number of ether oxygens (including phenoxy) is 4. The summed E-state index contributed by atoms with van der Waals surface area (Å²) >= 11 is 0. The van der Waals surface area contributed by atoms with Gasteiger partial charge in [-0.25, -0.2) is 9.78 Å². The molecule has 4 atom stereocenters. The molecule has 1 aliphatic rings. The molecule has 1 aromatic heterocycles. The lowest BCUT2D eigenvalue weighted by Crippen LogP contribution is -2.46. The summed E-state index contributed by atoms with van der Waals surface area (Å²) in [5, 5.41) is 12.8. The fraction of sp³-hybridized carbons (Fsp3) is 0.519. The van der Waals surface area contributed by atoms with E-state index in [0.29, 0.717) is 25.7 Å². The van der Waals surface area contributed by atoms with E-state index in [-0.39, 0.29) is 29.9 Å². The van der Waals surface area contributed by atoms with Crippen LogP contribution >= 0.6 is 0 Å². The van der Waals surface area contributed by atoms with Crippen molar-refractivity contribution in [2.45, 2.75) is 39.3 Å². The Morgan fingerprint density at radius 3 is 2.67 bits per heavy atom. The predicted octanol–water partition coefficient (Wildman–Crippen LogP) is 3.00. The minimum Gasteiger partial charge on any atom is -0.503 e. The molecule has 2 aromatic rings. The Morgan fingerprint density at radius 2 is 1.97 bits per heavy atom. The number of carbonyl (C=O) groups excluding carboxylic acids is 2. The second-order valence-corrected chi connectivity index (χ2v) is 9.46. The van der Waals surface area contributed by atoms with E-state index in [4.69, 9.17) is 18.9 Å².